The Hall–Kier alpha value is -2.33. The fourth-order valence-corrected chi connectivity index (χ4v) is 3.03. The maximum Gasteiger partial charge on any atom is 0.303 e. The first-order valence-electron chi connectivity index (χ1n) is 7.90. The van der Waals surface area contributed by atoms with Gasteiger partial charge in [-0.05, 0) is 54.2 Å². The molecule has 2 atom stereocenters. The Balaban J connectivity index is 1.55. The number of rotatable bonds is 6. The lowest BCUT2D eigenvalue weighted by Crippen LogP contribution is -2.14. The summed E-state index contributed by atoms with van der Waals surface area (Å²) < 4.78 is 0. The van der Waals surface area contributed by atoms with Gasteiger partial charge in [0.2, 0.25) is 5.91 Å². The molecular weight excluding hydrogens is 326 g/mol. The van der Waals surface area contributed by atoms with Crippen LogP contribution in [0.25, 0.3) is 0 Å². The molecule has 1 aliphatic rings. The molecule has 1 aliphatic carbocycles. The van der Waals surface area contributed by atoms with Crippen molar-refractivity contribution in [2.75, 3.05) is 5.32 Å². The highest BCUT2D eigenvalue weighted by Crippen LogP contribution is 2.48. The highest BCUT2D eigenvalue weighted by Gasteiger charge is 2.43. The predicted octanol–water partition coefficient (Wildman–Crippen LogP) is 4.10. The summed E-state index contributed by atoms with van der Waals surface area (Å²) in [6, 6.07) is 15.0. The zero-order valence-electron chi connectivity index (χ0n) is 13.0. The van der Waals surface area contributed by atoms with Crippen LogP contribution in [-0.2, 0) is 16.0 Å². The van der Waals surface area contributed by atoms with Gasteiger partial charge in [0.15, 0.2) is 0 Å². The predicted molar refractivity (Wildman–Crippen MR) is 93.3 cm³/mol. The summed E-state index contributed by atoms with van der Waals surface area (Å²) in [5.74, 6) is -0.583. The number of halogens is 1. The normalized spacial score (nSPS) is 18.9. The Bertz CT molecular complexity index is 757. The molecule has 5 heteroatoms. The average Bonchev–Trinajstić information content (AvgIpc) is 3.35. The molecule has 1 saturated carbocycles. The third-order valence-electron chi connectivity index (χ3n) is 4.25. The molecule has 0 bridgehead atoms. The van der Waals surface area contributed by atoms with E-state index in [1.165, 1.54) is 0 Å². The Morgan fingerprint density at radius 3 is 2.58 bits per heavy atom. The summed E-state index contributed by atoms with van der Waals surface area (Å²) in [6.07, 6.45) is 1.43. The summed E-state index contributed by atoms with van der Waals surface area (Å²) in [4.78, 5) is 22.9. The minimum absolute atomic E-state index is 0.0123. The molecule has 0 spiro atoms. The molecule has 0 aliphatic heterocycles. The van der Waals surface area contributed by atoms with Crippen LogP contribution < -0.4 is 5.32 Å². The Kier molecular flexibility index (Phi) is 4.86. The first-order valence-corrected chi connectivity index (χ1v) is 8.28. The maximum absolute atomic E-state index is 12.3. The van der Waals surface area contributed by atoms with Gasteiger partial charge in [-0.25, -0.2) is 0 Å². The van der Waals surface area contributed by atoms with Gasteiger partial charge < -0.3 is 10.4 Å². The molecule has 124 valence electrons. The van der Waals surface area contributed by atoms with Crippen LogP contribution in [0.3, 0.4) is 0 Å². The summed E-state index contributed by atoms with van der Waals surface area (Å²) in [7, 11) is 0. The Morgan fingerprint density at radius 1 is 1.17 bits per heavy atom. The zero-order valence-corrected chi connectivity index (χ0v) is 13.8. The van der Waals surface area contributed by atoms with Crippen molar-refractivity contribution in [2.45, 2.75) is 25.2 Å². The number of benzene rings is 2. The summed E-state index contributed by atoms with van der Waals surface area (Å²) in [6.45, 7) is 0. The van der Waals surface area contributed by atoms with Gasteiger partial charge in [-0.15, -0.1) is 0 Å². The number of aryl methyl sites for hydroxylation is 1. The largest absolute Gasteiger partial charge is 0.481 e. The summed E-state index contributed by atoms with van der Waals surface area (Å²) in [5, 5.41) is 12.3. The molecule has 0 radical (unpaired) electrons. The fourth-order valence-electron chi connectivity index (χ4n) is 2.83. The van der Waals surface area contributed by atoms with E-state index in [1.807, 2.05) is 48.5 Å². The minimum Gasteiger partial charge on any atom is -0.481 e. The van der Waals surface area contributed by atoms with E-state index in [9.17, 15) is 9.59 Å². The number of hydrogen-bond acceptors (Lipinski definition) is 2. The lowest BCUT2D eigenvalue weighted by atomic mass is 10.1. The topological polar surface area (TPSA) is 66.4 Å². The van der Waals surface area contributed by atoms with Crippen molar-refractivity contribution < 1.29 is 14.7 Å². The van der Waals surface area contributed by atoms with Crippen molar-refractivity contribution >= 4 is 29.2 Å². The van der Waals surface area contributed by atoms with Crippen LogP contribution in [0.5, 0.6) is 0 Å². The summed E-state index contributed by atoms with van der Waals surface area (Å²) in [5.41, 5.74) is 2.78. The Labute approximate surface area is 145 Å². The SMILES string of the molecule is O=C(O)CCc1ccc(NC(=O)C2CC2c2cccc(Cl)c2)cc1. The molecule has 0 saturated heterocycles. The number of carbonyl (C=O) groups is 2. The van der Waals surface area contributed by atoms with Gasteiger partial charge in [-0.2, -0.15) is 0 Å². The van der Waals surface area contributed by atoms with E-state index < -0.39 is 5.97 Å². The van der Waals surface area contributed by atoms with E-state index in [4.69, 9.17) is 16.7 Å². The molecule has 2 unspecified atom stereocenters. The zero-order chi connectivity index (χ0) is 17.1. The molecule has 4 nitrogen and oxygen atoms in total. The molecule has 2 aromatic carbocycles. The average molecular weight is 344 g/mol. The lowest BCUT2D eigenvalue weighted by molar-refractivity contribution is -0.137. The number of carboxylic acids is 1. The van der Waals surface area contributed by atoms with Crippen molar-refractivity contribution in [2.24, 2.45) is 5.92 Å². The van der Waals surface area contributed by atoms with Crippen LogP contribution >= 0.6 is 11.6 Å². The second-order valence-electron chi connectivity index (χ2n) is 6.08. The van der Waals surface area contributed by atoms with E-state index in [-0.39, 0.29) is 24.2 Å². The molecule has 3 rings (SSSR count). The molecule has 0 heterocycles. The number of nitrogens with one attached hydrogen (secondary N) is 1. The van der Waals surface area contributed by atoms with Crippen LogP contribution in [-0.4, -0.2) is 17.0 Å². The van der Waals surface area contributed by atoms with Crippen molar-refractivity contribution in [3.63, 3.8) is 0 Å². The van der Waals surface area contributed by atoms with Gasteiger partial charge >= 0.3 is 5.97 Å². The van der Waals surface area contributed by atoms with E-state index in [1.54, 1.807) is 0 Å². The molecular formula is C19H18ClNO3. The van der Waals surface area contributed by atoms with E-state index in [2.05, 4.69) is 5.32 Å². The first-order chi connectivity index (χ1) is 11.5. The number of amides is 1. The third kappa shape index (κ3) is 4.15. The van der Waals surface area contributed by atoms with Gasteiger partial charge in [0.25, 0.3) is 0 Å². The van der Waals surface area contributed by atoms with Crippen LogP contribution in [0.2, 0.25) is 5.02 Å². The van der Waals surface area contributed by atoms with Crippen LogP contribution in [0.4, 0.5) is 5.69 Å². The highest BCUT2D eigenvalue weighted by atomic mass is 35.5. The minimum atomic E-state index is -0.812. The number of aliphatic carboxylic acids is 1. The summed E-state index contributed by atoms with van der Waals surface area (Å²) >= 11 is 6.00. The van der Waals surface area contributed by atoms with Gasteiger partial charge in [-0.1, -0.05) is 35.9 Å². The van der Waals surface area contributed by atoms with Gasteiger partial charge in [-0.3, -0.25) is 9.59 Å². The second-order valence-corrected chi connectivity index (χ2v) is 6.52. The van der Waals surface area contributed by atoms with Crippen molar-refractivity contribution in [1.82, 2.24) is 0 Å². The molecule has 2 N–H and O–H groups in total. The van der Waals surface area contributed by atoms with E-state index in [0.29, 0.717) is 11.4 Å². The van der Waals surface area contributed by atoms with E-state index in [0.717, 1.165) is 23.2 Å². The highest BCUT2D eigenvalue weighted by molar-refractivity contribution is 6.30. The van der Waals surface area contributed by atoms with Crippen molar-refractivity contribution in [3.05, 3.63) is 64.7 Å². The van der Waals surface area contributed by atoms with Crippen LogP contribution in [0.15, 0.2) is 48.5 Å². The van der Waals surface area contributed by atoms with Crippen LogP contribution in [0, 0.1) is 5.92 Å². The van der Waals surface area contributed by atoms with E-state index >= 15 is 0 Å². The number of carboxylic acid groups (broad SMARTS) is 1. The van der Waals surface area contributed by atoms with Gasteiger partial charge in [0, 0.05) is 23.0 Å². The molecule has 24 heavy (non-hydrogen) atoms. The van der Waals surface area contributed by atoms with Crippen molar-refractivity contribution in [1.29, 1.82) is 0 Å². The van der Waals surface area contributed by atoms with Gasteiger partial charge in [0.05, 0.1) is 0 Å². The van der Waals surface area contributed by atoms with Gasteiger partial charge in [0.1, 0.15) is 0 Å². The third-order valence-corrected chi connectivity index (χ3v) is 4.49. The van der Waals surface area contributed by atoms with Crippen molar-refractivity contribution in [3.8, 4) is 0 Å². The molecule has 1 amide bonds. The van der Waals surface area contributed by atoms with Crippen LogP contribution in [0.1, 0.15) is 29.9 Å². The monoisotopic (exact) mass is 343 g/mol. The fraction of sp³-hybridized carbons (Fsp3) is 0.263. The first kappa shape index (κ1) is 16.5. The number of hydrogen-bond donors (Lipinski definition) is 2. The number of anilines is 1. The standard InChI is InChI=1S/C19H18ClNO3/c20-14-3-1-2-13(10-14)16-11-17(16)19(24)21-15-7-4-12(5-8-15)6-9-18(22)23/h1-5,7-8,10,16-17H,6,9,11H2,(H,21,24)(H,22,23). The quantitative estimate of drug-likeness (QED) is 0.829. The second kappa shape index (κ2) is 7.05. The maximum atomic E-state index is 12.3. The number of carbonyl (C=O) groups excluding carboxylic acids is 1. The lowest BCUT2D eigenvalue weighted by Gasteiger charge is -2.06. The Morgan fingerprint density at radius 2 is 1.92 bits per heavy atom. The molecule has 2 aromatic rings. The smallest absolute Gasteiger partial charge is 0.303 e. The molecule has 0 aromatic heterocycles. The molecule has 1 fully saturated rings.